The number of aryl methyl sites for hydroxylation is 1. The van der Waals surface area contributed by atoms with Crippen molar-refractivity contribution >= 4 is 30.8 Å². The molecule has 0 unspecified atom stereocenters. The molecular formula is C14H15IO5S. The second kappa shape index (κ2) is 6.73. The molecule has 1 N–H and O–H groups in total. The SMILES string of the molecule is COc1cccc(I(O)OS(=O)(=O)c2ccc(C)cc2)c1. The van der Waals surface area contributed by atoms with Crippen LogP contribution in [-0.2, 0) is 12.6 Å². The van der Waals surface area contributed by atoms with Gasteiger partial charge < -0.3 is 0 Å². The topological polar surface area (TPSA) is 72.8 Å². The maximum absolute atomic E-state index is 12.1. The van der Waals surface area contributed by atoms with Crippen LogP contribution in [0.1, 0.15) is 5.56 Å². The summed E-state index contributed by atoms with van der Waals surface area (Å²) in [6.07, 6.45) is 0. The van der Waals surface area contributed by atoms with Gasteiger partial charge >= 0.3 is 132 Å². The van der Waals surface area contributed by atoms with Crippen LogP contribution in [0.4, 0.5) is 0 Å². The van der Waals surface area contributed by atoms with Crippen molar-refractivity contribution in [3.8, 4) is 5.75 Å². The Hall–Kier alpha value is -1.16. The molecule has 2 aromatic rings. The second-order valence-corrected chi connectivity index (χ2v) is 9.37. The van der Waals surface area contributed by atoms with E-state index in [1.165, 1.54) is 19.2 Å². The molecule has 0 saturated carbocycles. The van der Waals surface area contributed by atoms with E-state index in [2.05, 4.69) is 0 Å². The molecule has 0 amide bonds. The van der Waals surface area contributed by atoms with Crippen molar-refractivity contribution in [3.05, 3.63) is 57.7 Å². The second-order valence-electron chi connectivity index (χ2n) is 4.22. The fourth-order valence-corrected chi connectivity index (χ4v) is 6.00. The molecule has 7 heteroatoms. The first-order chi connectivity index (χ1) is 9.92. The van der Waals surface area contributed by atoms with E-state index in [4.69, 9.17) is 7.25 Å². The molecule has 0 fully saturated rings. The zero-order valence-corrected chi connectivity index (χ0v) is 14.5. The Morgan fingerprint density at radius 1 is 1.10 bits per heavy atom. The van der Waals surface area contributed by atoms with Crippen LogP contribution in [0.3, 0.4) is 0 Å². The first-order valence-electron chi connectivity index (χ1n) is 5.97. The molecule has 5 nitrogen and oxygen atoms in total. The fourth-order valence-electron chi connectivity index (χ4n) is 1.55. The van der Waals surface area contributed by atoms with Gasteiger partial charge in [0.2, 0.25) is 0 Å². The van der Waals surface area contributed by atoms with E-state index < -0.39 is 30.8 Å². The number of halogens is 1. The van der Waals surface area contributed by atoms with Crippen molar-refractivity contribution in [1.82, 2.24) is 0 Å². The molecule has 2 rings (SSSR count). The Morgan fingerprint density at radius 2 is 1.76 bits per heavy atom. The molecule has 0 spiro atoms. The van der Waals surface area contributed by atoms with Crippen molar-refractivity contribution in [1.29, 1.82) is 0 Å². The van der Waals surface area contributed by atoms with Crippen molar-refractivity contribution < 1.29 is 19.1 Å². The third-order valence-electron chi connectivity index (χ3n) is 2.67. The Morgan fingerprint density at radius 3 is 2.38 bits per heavy atom. The van der Waals surface area contributed by atoms with E-state index >= 15 is 0 Å². The molecule has 0 aromatic heterocycles. The monoisotopic (exact) mass is 422 g/mol. The third kappa shape index (κ3) is 4.16. The number of methoxy groups -OCH3 is 1. The van der Waals surface area contributed by atoms with Gasteiger partial charge in [-0.1, -0.05) is 0 Å². The number of hydrogen-bond donors (Lipinski definition) is 1. The van der Waals surface area contributed by atoms with Gasteiger partial charge in [0.25, 0.3) is 0 Å². The third-order valence-corrected chi connectivity index (χ3v) is 7.98. The van der Waals surface area contributed by atoms with Crippen molar-refractivity contribution in [3.63, 3.8) is 0 Å². The number of rotatable bonds is 5. The molecule has 0 bridgehead atoms. The molecular weight excluding hydrogens is 407 g/mol. The summed E-state index contributed by atoms with van der Waals surface area (Å²) in [6.45, 7) is 1.86. The molecule has 0 atom stereocenters. The van der Waals surface area contributed by atoms with Gasteiger partial charge in [-0.05, 0) is 0 Å². The van der Waals surface area contributed by atoms with Gasteiger partial charge in [0.1, 0.15) is 0 Å². The van der Waals surface area contributed by atoms with Gasteiger partial charge in [0.15, 0.2) is 0 Å². The summed E-state index contributed by atoms with van der Waals surface area (Å²) in [7, 11) is -2.47. The molecule has 0 aliphatic rings. The molecule has 21 heavy (non-hydrogen) atoms. The zero-order valence-electron chi connectivity index (χ0n) is 11.5. The first kappa shape index (κ1) is 16.2. The molecule has 0 aliphatic heterocycles. The van der Waals surface area contributed by atoms with Gasteiger partial charge in [-0.3, -0.25) is 0 Å². The fraction of sp³-hybridized carbons (Fsp3) is 0.143. The Kier molecular flexibility index (Phi) is 5.20. The zero-order chi connectivity index (χ0) is 15.5. The predicted octanol–water partition coefficient (Wildman–Crippen LogP) is 2.91. The van der Waals surface area contributed by atoms with E-state index in [-0.39, 0.29) is 4.90 Å². The standard InChI is InChI=1S/C14H15IO5S/c1-11-6-8-14(9-7-11)21(17,18)20-15(16)12-4-3-5-13(10-12)19-2/h3-10,16H,1-2H3. The summed E-state index contributed by atoms with van der Waals surface area (Å²) in [6, 6.07) is 12.9. The van der Waals surface area contributed by atoms with Crippen LogP contribution in [0.25, 0.3) is 0 Å². The number of hydrogen-bond acceptors (Lipinski definition) is 5. The minimum absolute atomic E-state index is 0.0346. The van der Waals surface area contributed by atoms with Gasteiger partial charge in [0, 0.05) is 0 Å². The van der Waals surface area contributed by atoms with Crippen LogP contribution < -0.4 is 4.74 Å². The Bertz CT molecular complexity index is 712. The van der Waals surface area contributed by atoms with E-state index in [1.807, 2.05) is 6.92 Å². The van der Waals surface area contributed by atoms with Crippen molar-refractivity contribution in [2.24, 2.45) is 0 Å². The summed E-state index contributed by atoms with van der Waals surface area (Å²) < 4.78 is 44.8. The van der Waals surface area contributed by atoms with Crippen LogP contribution in [0, 0.1) is 10.5 Å². The molecule has 2 aromatic carbocycles. The summed E-state index contributed by atoms with van der Waals surface area (Å²) in [4.78, 5) is 0.0346. The predicted molar refractivity (Wildman–Crippen MR) is 87.4 cm³/mol. The normalized spacial score (nSPS) is 12.0. The number of benzene rings is 2. The number of ether oxygens (including phenoxy) is 1. The summed E-state index contributed by atoms with van der Waals surface area (Å²) in [5, 5.41) is 0. The molecule has 0 saturated heterocycles. The average molecular weight is 422 g/mol. The average Bonchev–Trinajstić information content (AvgIpc) is 2.47. The Labute approximate surface area is 132 Å². The molecule has 114 valence electrons. The summed E-state index contributed by atoms with van der Waals surface area (Å²) >= 11 is -3.27. The van der Waals surface area contributed by atoms with Gasteiger partial charge in [-0.25, -0.2) is 0 Å². The van der Waals surface area contributed by atoms with Gasteiger partial charge in [0.05, 0.1) is 0 Å². The van der Waals surface area contributed by atoms with Crippen LogP contribution >= 0.6 is 20.6 Å². The van der Waals surface area contributed by atoms with Gasteiger partial charge in [-0.15, -0.1) is 0 Å². The quantitative estimate of drug-likeness (QED) is 0.751. The van der Waals surface area contributed by atoms with Crippen LogP contribution in [0.15, 0.2) is 53.4 Å². The Balaban J connectivity index is 2.21. The minimum atomic E-state index is -3.97. The van der Waals surface area contributed by atoms with Crippen LogP contribution in [0.2, 0.25) is 0 Å². The van der Waals surface area contributed by atoms with E-state index in [0.717, 1.165) is 5.56 Å². The molecule has 0 heterocycles. The summed E-state index contributed by atoms with van der Waals surface area (Å²) in [5.74, 6) is 0.542. The van der Waals surface area contributed by atoms with Crippen LogP contribution in [-0.4, -0.2) is 19.0 Å². The van der Waals surface area contributed by atoms with Crippen molar-refractivity contribution in [2.45, 2.75) is 11.8 Å². The maximum atomic E-state index is 12.1. The van der Waals surface area contributed by atoms with Crippen molar-refractivity contribution in [2.75, 3.05) is 7.11 Å². The first-order valence-corrected chi connectivity index (χ1v) is 10.3. The van der Waals surface area contributed by atoms with E-state index in [1.54, 1.807) is 36.4 Å². The molecule has 0 radical (unpaired) electrons. The summed E-state index contributed by atoms with van der Waals surface area (Å²) in [5.41, 5.74) is 0.945. The van der Waals surface area contributed by atoms with Crippen LogP contribution in [0.5, 0.6) is 5.75 Å². The van der Waals surface area contributed by atoms with E-state index in [0.29, 0.717) is 9.32 Å². The van der Waals surface area contributed by atoms with Gasteiger partial charge in [-0.2, -0.15) is 0 Å². The molecule has 0 aliphatic carbocycles. The van der Waals surface area contributed by atoms with E-state index in [9.17, 15) is 11.9 Å².